The Labute approximate surface area is 251 Å². The Kier molecular flexibility index (Phi) is 8.50. The summed E-state index contributed by atoms with van der Waals surface area (Å²) >= 11 is 0. The SMILES string of the molecule is O=C(O)NC(Cc1ccccc1)C(=O)N1CCN(c2cc(-n3c(C(F)F)nc4ccccc43)nc(N3CCOCC3)n2)CC1. The number of morpholine rings is 1. The van der Waals surface area contributed by atoms with Crippen molar-refractivity contribution < 1.29 is 28.2 Å². The van der Waals surface area contributed by atoms with Crippen molar-refractivity contribution in [2.45, 2.75) is 18.9 Å². The minimum atomic E-state index is -2.83. The van der Waals surface area contributed by atoms with Gasteiger partial charge in [0.15, 0.2) is 5.82 Å². The highest BCUT2D eigenvalue weighted by Crippen LogP contribution is 2.30. The first kappa shape index (κ1) is 29.2. The maximum Gasteiger partial charge on any atom is 0.405 e. The third-order valence-electron chi connectivity index (χ3n) is 7.79. The van der Waals surface area contributed by atoms with E-state index >= 15 is 0 Å². The fourth-order valence-corrected chi connectivity index (χ4v) is 5.60. The smallest absolute Gasteiger partial charge is 0.405 e. The molecule has 2 saturated heterocycles. The van der Waals surface area contributed by atoms with Crippen LogP contribution in [-0.2, 0) is 16.0 Å². The number of hydrogen-bond donors (Lipinski definition) is 2. The number of ether oxygens (including phenoxy) is 1. The number of aromatic nitrogens is 4. The zero-order valence-corrected chi connectivity index (χ0v) is 23.9. The maximum absolute atomic E-state index is 14.2. The molecule has 2 aromatic carbocycles. The van der Waals surface area contributed by atoms with Crippen LogP contribution in [0.15, 0.2) is 60.7 Å². The number of carbonyl (C=O) groups is 2. The van der Waals surface area contributed by atoms with Crippen LogP contribution in [0.25, 0.3) is 16.9 Å². The molecule has 14 heteroatoms. The summed E-state index contributed by atoms with van der Waals surface area (Å²) in [5.74, 6) is 0.485. The van der Waals surface area contributed by atoms with E-state index in [1.54, 1.807) is 35.2 Å². The molecule has 2 aromatic heterocycles. The molecule has 1 unspecified atom stereocenters. The van der Waals surface area contributed by atoms with Gasteiger partial charge in [0.2, 0.25) is 11.9 Å². The maximum atomic E-state index is 14.2. The van der Waals surface area contributed by atoms with Crippen LogP contribution in [-0.4, -0.2) is 100 Å². The molecule has 44 heavy (non-hydrogen) atoms. The Bertz CT molecular complexity index is 1620. The zero-order chi connectivity index (χ0) is 30.6. The summed E-state index contributed by atoms with van der Waals surface area (Å²) < 4.78 is 35.3. The number of anilines is 2. The molecule has 2 amide bonds. The van der Waals surface area contributed by atoms with E-state index in [-0.39, 0.29) is 18.1 Å². The molecular weight excluding hydrogens is 574 g/mol. The van der Waals surface area contributed by atoms with Crippen molar-refractivity contribution in [3.05, 3.63) is 72.1 Å². The van der Waals surface area contributed by atoms with E-state index in [0.717, 1.165) is 5.56 Å². The second kappa shape index (κ2) is 12.8. The van der Waals surface area contributed by atoms with Crippen molar-refractivity contribution in [3.8, 4) is 5.82 Å². The first-order valence-electron chi connectivity index (χ1n) is 14.4. The predicted molar refractivity (Wildman–Crippen MR) is 159 cm³/mol. The number of rotatable bonds is 8. The third-order valence-corrected chi connectivity index (χ3v) is 7.79. The van der Waals surface area contributed by atoms with Crippen LogP contribution >= 0.6 is 0 Å². The molecular formula is C30H32F2N8O4. The number of halogens is 2. The van der Waals surface area contributed by atoms with Gasteiger partial charge in [-0.05, 0) is 17.7 Å². The van der Waals surface area contributed by atoms with Crippen LogP contribution in [0.3, 0.4) is 0 Å². The highest BCUT2D eigenvalue weighted by Gasteiger charge is 2.30. The number of nitrogens with one attached hydrogen (secondary N) is 1. The van der Waals surface area contributed by atoms with E-state index in [0.29, 0.717) is 75.3 Å². The standard InChI is InChI=1S/C30H32F2N8O4/c31-26(32)27-33-21-8-4-5-9-23(21)40(27)25-19-24(35-29(36-25)39-14-16-44-17-15-39)37-10-12-38(13-11-37)28(41)22(34-30(42)43)18-20-6-2-1-3-7-20/h1-9,19,22,26,34H,10-18H2,(H,42,43). The van der Waals surface area contributed by atoms with Gasteiger partial charge in [-0.3, -0.25) is 9.36 Å². The van der Waals surface area contributed by atoms with Gasteiger partial charge < -0.3 is 29.9 Å². The number of amides is 2. The van der Waals surface area contributed by atoms with Crippen LogP contribution in [0.1, 0.15) is 17.8 Å². The van der Waals surface area contributed by atoms with Crippen molar-refractivity contribution >= 4 is 34.8 Å². The molecule has 0 radical (unpaired) electrons. The molecule has 4 heterocycles. The average molecular weight is 607 g/mol. The van der Waals surface area contributed by atoms with E-state index < -0.39 is 24.4 Å². The molecule has 6 rings (SSSR count). The molecule has 0 bridgehead atoms. The minimum Gasteiger partial charge on any atom is -0.465 e. The highest BCUT2D eigenvalue weighted by molar-refractivity contribution is 5.86. The molecule has 1 atom stereocenters. The van der Waals surface area contributed by atoms with Crippen LogP contribution in [0.4, 0.5) is 25.3 Å². The molecule has 230 valence electrons. The first-order chi connectivity index (χ1) is 21.4. The highest BCUT2D eigenvalue weighted by atomic mass is 19.3. The number of fused-ring (bicyclic) bond motifs is 1. The molecule has 0 spiro atoms. The largest absolute Gasteiger partial charge is 0.465 e. The number of carbonyl (C=O) groups excluding carboxylic acids is 1. The number of alkyl halides is 2. The van der Waals surface area contributed by atoms with Gasteiger partial charge in [-0.1, -0.05) is 42.5 Å². The van der Waals surface area contributed by atoms with E-state index in [2.05, 4.69) is 10.3 Å². The molecule has 2 aliphatic heterocycles. The fourth-order valence-electron chi connectivity index (χ4n) is 5.60. The molecule has 4 aromatic rings. The first-order valence-corrected chi connectivity index (χ1v) is 14.4. The van der Waals surface area contributed by atoms with Crippen molar-refractivity contribution in [3.63, 3.8) is 0 Å². The Morgan fingerprint density at radius 2 is 1.55 bits per heavy atom. The molecule has 0 aliphatic carbocycles. The quantitative estimate of drug-likeness (QED) is 0.311. The number of carboxylic acid groups (broad SMARTS) is 1. The number of benzene rings is 2. The lowest BCUT2D eigenvalue weighted by Crippen LogP contribution is -2.55. The van der Waals surface area contributed by atoms with Gasteiger partial charge in [-0.2, -0.15) is 9.97 Å². The van der Waals surface area contributed by atoms with Crippen molar-refractivity contribution in [1.82, 2.24) is 29.7 Å². The topological polar surface area (TPSA) is 129 Å². The van der Waals surface area contributed by atoms with E-state index in [9.17, 15) is 23.5 Å². The summed E-state index contributed by atoms with van der Waals surface area (Å²) in [6, 6.07) is 16.9. The molecule has 2 fully saturated rings. The molecule has 2 N–H and O–H groups in total. The summed E-state index contributed by atoms with van der Waals surface area (Å²) in [4.78, 5) is 44.2. The Morgan fingerprint density at radius 1 is 0.864 bits per heavy atom. The van der Waals surface area contributed by atoms with Gasteiger partial charge >= 0.3 is 6.09 Å². The number of para-hydroxylation sites is 2. The number of imidazole rings is 1. The Hall–Kier alpha value is -4.85. The van der Waals surface area contributed by atoms with Gasteiger partial charge in [-0.25, -0.2) is 18.6 Å². The van der Waals surface area contributed by atoms with Gasteiger partial charge in [0.1, 0.15) is 17.7 Å². The number of nitrogens with zero attached hydrogens (tertiary/aromatic N) is 7. The third kappa shape index (κ3) is 6.25. The Morgan fingerprint density at radius 3 is 2.25 bits per heavy atom. The van der Waals surface area contributed by atoms with Gasteiger partial charge in [0, 0.05) is 51.8 Å². The predicted octanol–water partition coefficient (Wildman–Crippen LogP) is 3.12. The number of hydrogen-bond acceptors (Lipinski definition) is 8. The van der Waals surface area contributed by atoms with Crippen LogP contribution in [0.5, 0.6) is 0 Å². The molecule has 12 nitrogen and oxygen atoms in total. The van der Waals surface area contributed by atoms with Gasteiger partial charge in [0.05, 0.1) is 24.2 Å². The summed E-state index contributed by atoms with van der Waals surface area (Å²) in [6.45, 7) is 3.56. The van der Waals surface area contributed by atoms with E-state index in [1.807, 2.05) is 40.1 Å². The lowest BCUT2D eigenvalue weighted by atomic mass is 10.0. The molecule has 0 saturated carbocycles. The normalized spacial score (nSPS) is 16.4. The lowest BCUT2D eigenvalue weighted by Gasteiger charge is -2.37. The van der Waals surface area contributed by atoms with Crippen molar-refractivity contribution in [2.75, 3.05) is 62.3 Å². The van der Waals surface area contributed by atoms with Gasteiger partial charge in [-0.15, -0.1) is 0 Å². The van der Waals surface area contributed by atoms with Crippen LogP contribution < -0.4 is 15.1 Å². The Balaban J connectivity index is 1.28. The fraction of sp³-hybridized carbons (Fsp3) is 0.367. The van der Waals surface area contributed by atoms with E-state index in [1.165, 1.54) is 4.57 Å². The lowest BCUT2D eigenvalue weighted by molar-refractivity contribution is -0.133. The molecule has 2 aliphatic rings. The second-order valence-corrected chi connectivity index (χ2v) is 10.6. The monoisotopic (exact) mass is 606 g/mol. The average Bonchev–Trinajstić information content (AvgIpc) is 3.45. The second-order valence-electron chi connectivity index (χ2n) is 10.6. The minimum absolute atomic E-state index is 0.232. The summed E-state index contributed by atoms with van der Waals surface area (Å²) in [6.07, 6.45) is -3.86. The van der Waals surface area contributed by atoms with Crippen LogP contribution in [0, 0.1) is 0 Å². The van der Waals surface area contributed by atoms with Crippen molar-refractivity contribution in [1.29, 1.82) is 0 Å². The van der Waals surface area contributed by atoms with Crippen molar-refractivity contribution in [2.24, 2.45) is 0 Å². The number of piperazine rings is 1. The summed E-state index contributed by atoms with van der Waals surface area (Å²) in [7, 11) is 0. The zero-order valence-electron chi connectivity index (χ0n) is 23.9. The summed E-state index contributed by atoms with van der Waals surface area (Å²) in [5.41, 5.74) is 1.78. The van der Waals surface area contributed by atoms with Crippen LogP contribution in [0.2, 0.25) is 0 Å². The van der Waals surface area contributed by atoms with Gasteiger partial charge in [0.25, 0.3) is 6.43 Å². The van der Waals surface area contributed by atoms with E-state index in [4.69, 9.17) is 14.7 Å². The summed E-state index contributed by atoms with van der Waals surface area (Å²) in [5, 5.41) is 11.8.